The van der Waals surface area contributed by atoms with Crippen LogP contribution >= 0.6 is 12.2 Å². The highest BCUT2D eigenvalue weighted by molar-refractivity contribution is 7.80. The molecule has 1 amide bonds. The second-order valence-electron chi connectivity index (χ2n) is 5.64. The van der Waals surface area contributed by atoms with E-state index in [1.54, 1.807) is 19.0 Å². The fourth-order valence-corrected chi connectivity index (χ4v) is 3.03. The van der Waals surface area contributed by atoms with Crippen molar-refractivity contribution in [3.05, 3.63) is 47.2 Å². The SMILES string of the molecule is CCCN1C(=S)N[C@H](c2ccccc2)C(C(=O)N(C)C)=C1C. The van der Waals surface area contributed by atoms with Crippen LogP contribution in [0.1, 0.15) is 31.9 Å². The van der Waals surface area contributed by atoms with Crippen LogP contribution in [0.15, 0.2) is 41.6 Å². The van der Waals surface area contributed by atoms with E-state index in [2.05, 4.69) is 12.2 Å². The van der Waals surface area contributed by atoms with E-state index in [1.807, 2.05) is 42.2 Å². The molecule has 0 radical (unpaired) electrons. The van der Waals surface area contributed by atoms with Gasteiger partial charge in [0.2, 0.25) is 0 Å². The molecule has 2 rings (SSSR count). The van der Waals surface area contributed by atoms with E-state index in [1.165, 1.54) is 0 Å². The first-order valence-corrected chi connectivity index (χ1v) is 7.93. The van der Waals surface area contributed by atoms with E-state index in [9.17, 15) is 4.79 Å². The highest BCUT2D eigenvalue weighted by Crippen LogP contribution is 2.31. The average molecular weight is 317 g/mol. The highest BCUT2D eigenvalue weighted by Gasteiger charge is 2.33. The van der Waals surface area contributed by atoms with Crippen molar-refractivity contribution in [1.82, 2.24) is 15.1 Å². The topological polar surface area (TPSA) is 35.6 Å². The summed E-state index contributed by atoms with van der Waals surface area (Å²) in [4.78, 5) is 16.3. The molecule has 4 nitrogen and oxygen atoms in total. The van der Waals surface area contributed by atoms with Crippen LogP contribution in [-0.2, 0) is 4.79 Å². The molecule has 0 spiro atoms. The lowest BCUT2D eigenvalue weighted by atomic mass is 9.94. The summed E-state index contributed by atoms with van der Waals surface area (Å²) in [6.45, 7) is 4.89. The summed E-state index contributed by atoms with van der Waals surface area (Å²) in [5.74, 6) is 0.0162. The van der Waals surface area contributed by atoms with Crippen molar-refractivity contribution >= 4 is 23.2 Å². The molecule has 1 aliphatic heterocycles. The number of nitrogens with zero attached hydrogens (tertiary/aromatic N) is 2. The summed E-state index contributed by atoms with van der Waals surface area (Å²) < 4.78 is 0. The number of allylic oxidation sites excluding steroid dienone is 1. The van der Waals surface area contributed by atoms with Crippen LogP contribution in [0.4, 0.5) is 0 Å². The van der Waals surface area contributed by atoms with E-state index in [-0.39, 0.29) is 11.9 Å². The molecule has 1 aromatic rings. The predicted molar refractivity (Wildman–Crippen MR) is 93.3 cm³/mol. The Morgan fingerprint density at radius 1 is 1.32 bits per heavy atom. The fraction of sp³-hybridized carbons (Fsp3) is 0.412. The summed E-state index contributed by atoms with van der Waals surface area (Å²) in [6, 6.07) is 9.77. The van der Waals surface area contributed by atoms with Gasteiger partial charge in [-0.25, -0.2) is 0 Å². The normalized spacial score (nSPS) is 18.3. The summed E-state index contributed by atoms with van der Waals surface area (Å²) >= 11 is 5.51. The molecule has 0 aliphatic carbocycles. The van der Waals surface area contributed by atoms with E-state index in [0.29, 0.717) is 5.11 Å². The molecule has 1 heterocycles. The third-order valence-corrected chi connectivity index (χ3v) is 4.15. The van der Waals surface area contributed by atoms with Gasteiger partial charge in [0.1, 0.15) is 0 Å². The predicted octanol–water partition coefficient (Wildman–Crippen LogP) is 2.69. The number of nitrogens with one attached hydrogen (secondary N) is 1. The van der Waals surface area contributed by atoms with Crippen molar-refractivity contribution in [3.63, 3.8) is 0 Å². The minimum atomic E-state index is -0.197. The van der Waals surface area contributed by atoms with Crippen LogP contribution in [0.3, 0.4) is 0 Å². The van der Waals surface area contributed by atoms with Crippen LogP contribution in [0, 0.1) is 0 Å². The highest BCUT2D eigenvalue weighted by atomic mass is 32.1. The molecule has 118 valence electrons. The number of likely N-dealkylation sites (N-methyl/N-ethyl adjacent to an activating group) is 1. The third kappa shape index (κ3) is 3.14. The van der Waals surface area contributed by atoms with Gasteiger partial charge in [-0.05, 0) is 31.1 Å². The van der Waals surface area contributed by atoms with Gasteiger partial charge in [-0.3, -0.25) is 4.79 Å². The molecular formula is C17H23N3OS. The van der Waals surface area contributed by atoms with Crippen LogP contribution < -0.4 is 5.32 Å². The molecule has 0 fully saturated rings. The lowest BCUT2D eigenvalue weighted by molar-refractivity contribution is -0.125. The maximum Gasteiger partial charge on any atom is 0.253 e. The number of carbonyl (C=O) groups is 1. The number of benzene rings is 1. The maximum absolute atomic E-state index is 12.7. The van der Waals surface area contributed by atoms with Crippen molar-refractivity contribution < 1.29 is 4.79 Å². The first kappa shape index (κ1) is 16.5. The zero-order valence-corrected chi connectivity index (χ0v) is 14.4. The number of hydrogen-bond donors (Lipinski definition) is 1. The van der Waals surface area contributed by atoms with Gasteiger partial charge in [0.15, 0.2) is 5.11 Å². The lowest BCUT2D eigenvalue weighted by Crippen LogP contribution is -2.49. The van der Waals surface area contributed by atoms with Gasteiger partial charge in [0, 0.05) is 26.3 Å². The number of carbonyl (C=O) groups excluding carboxylic acids is 1. The van der Waals surface area contributed by atoms with Gasteiger partial charge in [0.05, 0.1) is 11.6 Å². The smallest absolute Gasteiger partial charge is 0.253 e. The van der Waals surface area contributed by atoms with Gasteiger partial charge >= 0.3 is 0 Å². The Labute approximate surface area is 137 Å². The van der Waals surface area contributed by atoms with Crippen molar-refractivity contribution in [2.24, 2.45) is 0 Å². The van der Waals surface area contributed by atoms with Gasteiger partial charge in [-0.15, -0.1) is 0 Å². The number of thiocarbonyl (C=S) groups is 1. The van der Waals surface area contributed by atoms with Crippen molar-refractivity contribution in [3.8, 4) is 0 Å². The Morgan fingerprint density at radius 2 is 1.95 bits per heavy atom. The fourth-order valence-electron chi connectivity index (χ4n) is 2.69. The Bertz CT molecular complexity index is 595. The average Bonchev–Trinajstić information content (AvgIpc) is 2.51. The van der Waals surface area contributed by atoms with Gasteiger partial charge in [0.25, 0.3) is 5.91 Å². The zero-order valence-electron chi connectivity index (χ0n) is 13.6. The summed E-state index contributed by atoms with van der Waals surface area (Å²) in [5.41, 5.74) is 2.75. The molecule has 0 saturated carbocycles. The van der Waals surface area contributed by atoms with E-state index < -0.39 is 0 Å². The summed E-state index contributed by atoms with van der Waals surface area (Å²) in [5, 5.41) is 4.02. The van der Waals surface area contributed by atoms with Crippen molar-refractivity contribution in [2.45, 2.75) is 26.3 Å². The second-order valence-corrected chi connectivity index (χ2v) is 6.03. The van der Waals surface area contributed by atoms with Crippen molar-refractivity contribution in [1.29, 1.82) is 0 Å². The Hall–Kier alpha value is -1.88. The van der Waals surface area contributed by atoms with Crippen molar-refractivity contribution in [2.75, 3.05) is 20.6 Å². The van der Waals surface area contributed by atoms with Gasteiger partial charge < -0.3 is 15.1 Å². The molecule has 1 atom stereocenters. The number of rotatable bonds is 4. The zero-order chi connectivity index (χ0) is 16.3. The van der Waals surface area contributed by atoms with Gasteiger partial charge in [-0.1, -0.05) is 37.3 Å². The van der Waals surface area contributed by atoms with E-state index >= 15 is 0 Å². The van der Waals surface area contributed by atoms with Crippen LogP contribution in [0.5, 0.6) is 0 Å². The Kier molecular flexibility index (Phi) is 5.19. The molecule has 0 unspecified atom stereocenters. The minimum absolute atomic E-state index is 0.0162. The van der Waals surface area contributed by atoms with E-state index in [4.69, 9.17) is 12.2 Å². The van der Waals surface area contributed by atoms with Crippen LogP contribution in [0.2, 0.25) is 0 Å². The molecule has 22 heavy (non-hydrogen) atoms. The molecule has 1 aliphatic rings. The quantitative estimate of drug-likeness (QED) is 0.866. The largest absolute Gasteiger partial charge is 0.351 e. The monoisotopic (exact) mass is 317 g/mol. The third-order valence-electron chi connectivity index (χ3n) is 3.81. The standard InChI is InChI=1S/C17H23N3OS/c1-5-11-20-12(2)14(16(21)19(3)4)15(18-17(20)22)13-9-7-6-8-10-13/h6-10,15H,5,11H2,1-4H3,(H,18,22)/t15-/m1/s1. The number of amides is 1. The molecular weight excluding hydrogens is 294 g/mol. The second kappa shape index (κ2) is 6.92. The lowest BCUT2D eigenvalue weighted by Gasteiger charge is -2.38. The van der Waals surface area contributed by atoms with E-state index in [0.717, 1.165) is 29.8 Å². The molecule has 0 saturated heterocycles. The summed E-state index contributed by atoms with van der Waals surface area (Å²) in [7, 11) is 3.56. The first-order chi connectivity index (χ1) is 10.5. The van der Waals surface area contributed by atoms with Crippen LogP contribution in [-0.4, -0.2) is 41.5 Å². The molecule has 1 aromatic carbocycles. The maximum atomic E-state index is 12.7. The molecule has 0 bridgehead atoms. The Morgan fingerprint density at radius 3 is 2.50 bits per heavy atom. The Balaban J connectivity index is 2.53. The molecule has 5 heteroatoms. The van der Waals surface area contributed by atoms with Crippen LogP contribution in [0.25, 0.3) is 0 Å². The number of hydrogen-bond acceptors (Lipinski definition) is 2. The minimum Gasteiger partial charge on any atom is -0.351 e. The molecule has 0 aromatic heterocycles. The summed E-state index contributed by atoms with van der Waals surface area (Å²) in [6.07, 6.45) is 0.971. The van der Waals surface area contributed by atoms with Gasteiger partial charge in [-0.2, -0.15) is 0 Å². The molecule has 1 N–H and O–H groups in total. The first-order valence-electron chi connectivity index (χ1n) is 7.52.